The zero-order valence-electron chi connectivity index (χ0n) is 14.3. The van der Waals surface area contributed by atoms with Crippen LogP contribution in [0.2, 0.25) is 0 Å². The predicted molar refractivity (Wildman–Crippen MR) is 94.5 cm³/mol. The first-order chi connectivity index (χ1) is 11.2. The number of hydrogen-bond donors (Lipinski definition) is 2. The molecule has 1 atom stereocenters. The molecular formula is C19H32O4. The molecule has 0 aliphatic heterocycles. The number of aliphatic hydroxyl groups excluding tert-OH is 1. The van der Waals surface area contributed by atoms with Gasteiger partial charge in [-0.3, -0.25) is 0 Å². The van der Waals surface area contributed by atoms with Gasteiger partial charge in [0.15, 0.2) is 0 Å². The number of ether oxygens (including phenoxy) is 1. The first kappa shape index (κ1) is 21.6. The molecule has 0 saturated heterocycles. The Labute approximate surface area is 140 Å². The summed E-state index contributed by atoms with van der Waals surface area (Å²) in [6, 6.07) is 0. The van der Waals surface area contributed by atoms with E-state index in [1.807, 2.05) is 30.4 Å². The van der Waals surface area contributed by atoms with Gasteiger partial charge in [-0.25, -0.2) is 4.79 Å². The van der Waals surface area contributed by atoms with Gasteiger partial charge in [0, 0.05) is 0 Å². The van der Waals surface area contributed by atoms with E-state index in [-0.39, 0.29) is 12.7 Å². The molecule has 0 aromatic rings. The normalized spacial score (nSPS) is 13.5. The molecule has 0 radical (unpaired) electrons. The van der Waals surface area contributed by atoms with E-state index in [4.69, 9.17) is 9.84 Å². The lowest BCUT2D eigenvalue weighted by molar-refractivity contribution is -0.141. The lowest BCUT2D eigenvalue weighted by atomic mass is 10.1. The quantitative estimate of drug-likeness (QED) is 0.268. The topological polar surface area (TPSA) is 66.8 Å². The maximum atomic E-state index is 10.2. The molecule has 0 fully saturated rings. The SMILES string of the molecule is CCCCC[C@H](O)/C=C/C=C\CCCC/C=C\COCC(=O)O. The number of unbranched alkanes of at least 4 members (excludes halogenated alkanes) is 5. The van der Waals surface area contributed by atoms with Crippen molar-refractivity contribution in [1.82, 2.24) is 0 Å². The molecule has 4 nitrogen and oxygen atoms in total. The minimum Gasteiger partial charge on any atom is -0.480 e. The van der Waals surface area contributed by atoms with Crippen molar-refractivity contribution in [1.29, 1.82) is 0 Å². The van der Waals surface area contributed by atoms with Crippen LogP contribution in [0.25, 0.3) is 0 Å². The van der Waals surface area contributed by atoms with Gasteiger partial charge in [-0.05, 0) is 32.1 Å². The van der Waals surface area contributed by atoms with Crippen LogP contribution < -0.4 is 0 Å². The summed E-state index contributed by atoms with van der Waals surface area (Å²) in [6.07, 6.45) is 20.0. The largest absolute Gasteiger partial charge is 0.480 e. The van der Waals surface area contributed by atoms with Crippen LogP contribution in [-0.2, 0) is 9.53 Å². The van der Waals surface area contributed by atoms with E-state index in [1.165, 1.54) is 12.8 Å². The van der Waals surface area contributed by atoms with Gasteiger partial charge in [-0.1, -0.05) is 62.6 Å². The second kappa shape index (κ2) is 17.0. The molecule has 0 saturated carbocycles. The molecule has 0 aliphatic carbocycles. The first-order valence-electron chi connectivity index (χ1n) is 8.62. The molecule has 0 aromatic heterocycles. The van der Waals surface area contributed by atoms with Crippen molar-refractivity contribution >= 4 is 5.97 Å². The summed E-state index contributed by atoms with van der Waals surface area (Å²) >= 11 is 0. The number of carboxylic acids is 1. The van der Waals surface area contributed by atoms with Crippen LogP contribution in [-0.4, -0.2) is 35.5 Å². The zero-order chi connectivity index (χ0) is 17.2. The van der Waals surface area contributed by atoms with E-state index in [2.05, 4.69) is 13.0 Å². The molecule has 0 bridgehead atoms. The molecule has 0 aromatic carbocycles. The van der Waals surface area contributed by atoms with Gasteiger partial charge in [0.1, 0.15) is 6.61 Å². The fraction of sp³-hybridized carbons (Fsp3) is 0.632. The Kier molecular flexibility index (Phi) is 15.9. The van der Waals surface area contributed by atoms with Crippen molar-refractivity contribution in [2.24, 2.45) is 0 Å². The molecule has 23 heavy (non-hydrogen) atoms. The van der Waals surface area contributed by atoms with E-state index in [9.17, 15) is 9.90 Å². The van der Waals surface area contributed by atoms with Crippen molar-refractivity contribution < 1.29 is 19.7 Å². The van der Waals surface area contributed by atoms with E-state index < -0.39 is 5.97 Å². The van der Waals surface area contributed by atoms with Crippen LogP contribution in [0, 0.1) is 0 Å². The molecule has 0 rings (SSSR count). The summed E-state index contributed by atoms with van der Waals surface area (Å²) in [4.78, 5) is 10.2. The molecule has 0 heterocycles. The van der Waals surface area contributed by atoms with Crippen LogP contribution >= 0.6 is 0 Å². The maximum Gasteiger partial charge on any atom is 0.329 e. The van der Waals surface area contributed by atoms with Gasteiger partial charge in [0.25, 0.3) is 0 Å². The lowest BCUT2D eigenvalue weighted by Gasteiger charge is -2.03. The Morgan fingerprint density at radius 2 is 1.78 bits per heavy atom. The summed E-state index contributed by atoms with van der Waals surface area (Å²) < 4.78 is 4.89. The second-order valence-corrected chi connectivity index (χ2v) is 5.54. The highest BCUT2D eigenvalue weighted by Crippen LogP contribution is 2.05. The van der Waals surface area contributed by atoms with Crippen molar-refractivity contribution in [3.05, 3.63) is 36.5 Å². The molecular weight excluding hydrogens is 292 g/mol. The van der Waals surface area contributed by atoms with Gasteiger partial charge in [0.05, 0.1) is 12.7 Å². The number of hydrogen-bond acceptors (Lipinski definition) is 3. The van der Waals surface area contributed by atoms with Gasteiger partial charge in [-0.2, -0.15) is 0 Å². The standard InChI is InChI=1S/C19H32O4/c1-2-3-11-14-18(20)15-12-9-7-5-4-6-8-10-13-16-23-17-19(21)22/h7,9-10,12-13,15,18,20H,2-6,8,11,14,16-17H2,1H3,(H,21,22)/b9-7-,13-10-,15-12+/t18-/m0/s1. The molecule has 0 spiro atoms. The van der Waals surface area contributed by atoms with Crippen molar-refractivity contribution in [3.8, 4) is 0 Å². The molecule has 0 aliphatic rings. The maximum absolute atomic E-state index is 10.2. The van der Waals surface area contributed by atoms with E-state index in [1.54, 1.807) is 0 Å². The Balaban J connectivity index is 3.43. The average molecular weight is 324 g/mol. The third-order valence-corrected chi connectivity index (χ3v) is 3.28. The molecule has 132 valence electrons. The fourth-order valence-electron chi connectivity index (χ4n) is 1.99. The second-order valence-electron chi connectivity index (χ2n) is 5.54. The predicted octanol–water partition coefficient (Wildman–Crippen LogP) is 4.26. The van der Waals surface area contributed by atoms with E-state index in [0.29, 0.717) is 6.61 Å². The minimum absolute atomic E-state index is 0.240. The Morgan fingerprint density at radius 3 is 2.48 bits per heavy atom. The van der Waals surface area contributed by atoms with E-state index in [0.717, 1.165) is 38.5 Å². The summed E-state index contributed by atoms with van der Waals surface area (Å²) in [6.45, 7) is 2.28. The number of rotatable bonds is 15. The van der Waals surface area contributed by atoms with Crippen LogP contribution in [0.15, 0.2) is 36.5 Å². The Hall–Kier alpha value is -1.39. The van der Waals surface area contributed by atoms with Crippen molar-refractivity contribution in [2.45, 2.75) is 64.4 Å². The Bertz CT molecular complexity index is 358. The van der Waals surface area contributed by atoms with Gasteiger partial charge >= 0.3 is 5.97 Å². The van der Waals surface area contributed by atoms with Crippen molar-refractivity contribution in [2.75, 3.05) is 13.2 Å². The first-order valence-corrected chi connectivity index (χ1v) is 8.62. The van der Waals surface area contributed by atoms with Gasteiger partial charge in [-0.15, -0.1) is 0 Å². The van der Waals surface area contributed by atoms with Gasteiger partial charge in [0.2, 0.25) is 0 Å². The summed E-state index contributed by atoms with van der Waals surface area (Å²) in [5.74, 6) is -0.937. The number of aliphatic hydroxyl groups is 1. The zero-order valence-corrected chi connectivity index (χ0v) is 14.3. The molecule has 4 heteroatoms. The summed E-state index contributed by atoms with van der Waals surface area (Å²) in [7, 11) is 0. The summed E-state index contributed by atoms with van der Waals surface area (Å²) in [5, 5.41) is 18.1. The van der Waals surface area contributed by atoms with E-state index >= 15 is 0 Å². The smallest absolute Gasteiger partial charge is 0.329 e. The third kappa shape index (κ3) is 18.6. The lowest BCUT2D eigenvalue weighted by Crippen LogP contribution is -2.06. The fourth-order valence-corrected chi connectivity index (χ4v) is 1.99. The number of aliphatic carboxylic acids is 1. The third-order valence-electron chi connectivity index (χ3n) is 3.28. The Morgan fingerprint density at radius 1 is 1.04 bits per heavy atom. The number of carbonyl (C=O) groups is 1. The highest BCUT2D eigenvalue weighted by Gasteiger charge is 1.96. The highest BCUT2D eigenvalue weighted by molar-refractivity contribution is 5.67. The van der Waals surface area contributed by atoms with Gasteiger partial charge < -0.3 is 14.9 Å². The van der Waals surface area contributed by atoms with Crippen LogP contribution in [0.5, 0.6) is 0 Å². The average Bonchev–Trinajstić information content (AvgIpc) is 2.51. The van der Waals surface area contributed by atoms with Crippen LogP contribution in [0.4, 0.5) is 0 Å². The summed E-state index contributed by atoms with van der Waals surface area (Å²) in [5.41, 5.74) is 0. The van der Waals surface area contributed by atoms with Crippen LogP contribution in [0.3, 0.4) is 0 Å². The minimum atomic E-state index is -0.937. The molecule has 0 unspecified atom stereocenters. The van der Waals surface area contributed by atoms with Crippen LogP contribution in [0.1, 0.15) is 58.3 Å². The monoisotopic (exact) mass is 324 g/mol. The number of allylic oxidation sites excluding steroid dienone is 4. The molecule has 2 N–H and O–H groups in total. The molecule has 0 amide bonds. The number of carboxylic acid groups (broad SMARTS) is 1. The highest BCUT2D eigenvalue weighted by atomic mass is 16.5. The van der Waals surface area contributed by atoms with Crippen molar-refractivity contribution in [3.63, 3.8) is 0 Å².